The number of halogens is 1. The second-order valence-electron chi connectivity index (χ2n) is 6.27. The first-order chi connectivity index (χ1) is 9.72. The molecule has 1 saturated heterocycles. The molecule has 3 nitrogen and oxygen atoms in total. The van der Waals surface area contributed by atoms with E-state index in [1.54, 1.807) is 0 Å². The average Bonchev–Trinajstić information content (AvgIpc) is 3.00. The minimum absolute atomic E-state index is 0.430. The smallest absolute Gasteiger partial charge is 0.126 e. The first kappa shape index (κ1) is 12.8. The van der Waals surface area contributed by atoms with E-state index >= 15 is 0 Å². The van der Waals surface area contributed by atoms with Crippen LogP contribution in [0.25, 0.3) is 11.0 Å². The highest BCUT2D eigenvalue weighted by molar-refractivity contribution is 9.10. The number of nitrogens with one attached hydrogen (secondary N) is 1. The Morgan fingerprint density at radius 1 is 1.30 bits per heavy atom. The van der Waals surface area contributed by atoms with Crippen LogP contribution in [0.3, 0.4) is 0 Å². The lowest BCUT2D eigenvalue weighted by Gasteiger charge is -2.24. The van der Waals surface area contributed by atoms with E-state index in [0.717, 1.165) is 21.9 Å². The highest BCUT2D eigenvalue weighted by Gasteiger charge is 2.37. The molecule has 0 bridgehead atoms. The summed E-state index contributed by atoms with van der Waals surface area (Å²) in [5.74, 6) is 2.06. The van der Waals surface area contributed by atoms with Crippen molar-refractivity contribution in [3.8, 4) is 0 Å². The molecule has 0 spiro atoms. The summed E-state index contributed by atoms with van der Waals surface area (Å²) in [4.78, 5) is 4.88. The lowest BCUT2D eigenvalue weighted by molar-refractivity contribution is 0.325. The number of fused-ring (bicyclic) bond motifs is 2. The summed E-state index contributed by atoms with van der Waals surface area (Å²) in [5, 5.41) is 3.83. The molecule has 20 heavy (non-hydrogen) atoms. The summed E-state index contributed by atoms with van der Waals surface area (Å²) < 4.78 is 3.36. The van der Waals surface area contributed by atoms with Gasteiger partial charge in [-0.15, -0.1) is 0 Å². The molecule has 4 heteroatoms. The van der Waals surface area contributed by atoms with E-state index in [0.29, 0.717) is 6.04 Å². The van der Waals surface area contributed by atoms with Crippen molar-refractivity contribution in [3.63, 3.8) is 0 Å². The van der Waals surface area contributed by atoms with Crippen molar-refractivity contribution in [3.05, 3.63) is 28.5 Å². The first-order valence-corrected chi connectivity index (χ1v) is 8.39. The fourth-order valence-corrected chi connectivity index (χ4v) is 4.37. The van der Waals surface area contributed by atoms with E-state index in [9.17, 15) is 0 Å². The molecule has 1 N–H and O–H groups in total. The fourth-order valence-electron chi connectivity index (χ4n) is 4.02. The maximum absolute atomic E-state index is 4.88. The topological polar surface area (TPSA) is 29.9 Å². The number of hydrogen-bond acceptors (Lipinski definition) is 2. The highest BCUT2D eigenvalue weighted by Crippen LogP contribution is 2.39. The summed E-state index contributed by atoms with van der Waals surface area (Å²) in [6, 6.07) is 7.51. The van der Waals surface area contributed by atoms with Gasteiger partial charge in [0.2, 0.25) is 0 Å². The Kier molecular flexibility index (Phi) is 3.11. The van der Waals surface area contributed by atoms with Crippen LogP contribution in [0.5, 0.6) is 0 Å². The van der Waals surface area contributed by atoms with Crippen molar-refractivity contribution in [1.29, 1.82) is 0 Å². The number of aromatic nitrogens is 2. The molecular formula is C16H20BrN3. The van der Waals surface area contributed by atoms with Gasteiger partial charge in [0.25, 0.3) is 0 Å². The van der Waals surface area contributed by atoms with Gasteiger partial charge in [-0.3, -0.25) is 0 Å². The summed E-state index contributed by atoms with van der Waals surface area (Å²) in [7, 11) is 2.14. The minimum Gasteiger partial charge on any atom is -0.330 e. The number of nitrogens with zero attached hydrogens (tertiary/aromatic N) is 2. The summed E-state index contributed by atoms with van der Waals surface area (Å²) >= 11 is 3.53. The van der Waals surface area contributed by atoms with E-state index in [1.807, 2.05) is 0 Å². The number of aryl methyl sites for hydroxylation is 1. The molecule has 4 rings (SSSR count). The quantitative estimate of drug-likeness (QED) is 0.856. The van der Waals surface area contributed by atoms with Gasteiger partial charge in [-0.2, -0.15) is 0 Å². The maximum Gasteiger partial charge on any atom is 0.126 e. The molecular weight excluding hydrogens is 314 g/mol. The van der Waals surface area contributed by atoms with Gasteiger partial charge >= 0.3 is 0 Å². The molecule has 2 aromatic rings. The highest BCUT2D eigenvalue weighted by atomic mass is 79.9. The second-order valence-corrected chi connectivity index (χ2v) is 7.18. The standard InChI is InChI=1S/C16H20BrN3/c1-20-15-7-6-11(17)9-13(15)19-16(20)14-8-10-4-2-3-5-12(10)18-14/h6-7,9-10,12,14,18H,2-5,8H2,1H3. The van der Waals surface area contributed by atoms with Gasteiger partial charge < -0.3 is 9.88 Å². The zero-order valence-corrected chi connectivity index (χ0v) is 13.4. The number of rotatable bonds is 1. The van der Waals surface area contributed by atoms with Crippen LogP contribution in [-0.4, -0.2) is 15.6 Å². The Balaban J connectivity index is 1.70. The Bertz CT molecular complexity index is 634. The second kappa shape index (κ2) is 4.85. The molecule has 2 aliphatic rings. The van der Waals surface area contributed by atoms with Crippen LogP contribution < -0.4 is 5.32 Å². The lowest BCUT2D eigenvalue weighted by atomic mass is 9.85. The van der Waals surface area contributed by atoms with Crippen molar-refractivity contribution in [1.82, 2.24) is 14.9 Å². The fraction of sp³-hybridized carbons (Fsp3) is 0.562. The predicted octanol–water partition coefficient (Wildman–Crippen LogP) is 3.93. The molecule has 0 amide bonds. The molecule has 1 aromatic heterocycles. The van der Waals surface area contributed by atoms with E-state index in [4.69, 9.17) is 4.98 Å². The number of benzene rings is 1. The molecule has 0 radical (unpaired) electrons. The lowest BCUT2D eigenvalue weighted by Crippen LogP contribution is -2.31. The van der Waals surface area contributed by atoms with Crippen molar-refractivity contribution in [2.45, 2.75) is 44.2 Å². The molecule has 106 valence electrons. The SMILES string of the molecule is Cn1c(C2CC3CCCCC3N2)nc2cc(Br)ccc21. The van der Waals surface area contributed by atoms with Gasteiger partial charge in [0, 0.05) is 17.6 Å². The van der Waals surface area contributed by atoms with E-state index < -0.39 is 0 Å². The van der Waals surface area contributed by atoms with Crippen LogP contribution >= 0.6 is 15.9 Å². The molecule has 1 aliphatic carbocycles. The van der Waals surface area contributed by atoms with Crippen LogP contribution in [0.15, 0.2) is 22.7 Å². The Morgan fingerprint density at radius 2 is 2.15 bits per heavy atom. The molecule has 1 aromatic carbocycles. The third-order valence-corrected chi connectivity index (χ3v) is 5.55. The Hall–Kier alpha value is -0.870. The minimum atomic E-state index is 0.430. The summed E-state index contributed by atoms with van der Waals surface area (Å²) in [6.07, 6.45) is 6.78. The van der Waals surface area contributed by atoms with Gasteiger partial charge in [0.1, 0.15) is 5.82 Å². The number of hydrogen-bond donors (Lipinski definition) is 1. The number of imidazole rings is 1. The first-order valence-electron chi connectivity index (χ1n) is 7.60. The summed E-state index contributed by atoms with van der Waals surface area (Å²) in [5.41, 5.74) is 2.31. The molecule has 1 aliphatic heterocycles. The van der Waals surface area contributed by atoms with E-state index in [-0.39, 0.29) is 0 Å². The van der Waals surface area contributed by atoms with E-state index in [1.165, 1.54) is 43.4 Å². The zero-order chi connectivity index (χ0) is 13.7. The van der Waals surface area contributed by atoms with Gasteiger partial charge in [0.15, 0.2) is 0 Å². The van der Waals surface area contributed by atoms with Crippen LogP contribution in [0, 0.1) is 5.92 Å². The van der Waals surface area contributed by atoms with Crippen molar-refractivity contribution < 1.29 is 0 Å². The van der Waals surface area contributed by atoms with Crippen LogP contribution in [0.1, 0.15) is 44.0 Å². The van der Waals surface area contributed by atoms with Crippen LogP contribution in [0.2, 0.25) is 0 Å². The Morgan fingerprint density at radius 3 is 3.00 bits per heavy atom. The van der Waals surface area contributed by atoms with Gasteiger partial charge in [-0.25, -0.2) is 4.98 Å². The van der Waals surface area contributed by atoms with Crippen molar-refractivity contribution in [2.24, 2.45) is 13.0 Å². The molecule has 2 heterocycles. The van der Waals surface area contributed by atoms with Crippen LogP contribution in [0.4, 0.5) is 0 Å². The molecule has 1 saturated carbocycles. The van der Waals surface area contributed by atoms with Crippen LogP contribution in [-0.2, 0) is 7.05 Å². The molecule has 3 unspecified atom stereocenters. The zero-order valence-electron chi connectivity index (χ0n) is 11.8. The predicted molar refractivity (Wildman–Crippen MR) is 84.7 cm³/mol. The van der Waals surface area contributed by atoms with Gasteiger partial charge in [0.05, 0.1) is 17.1 Å². The largest absolute Gasteiger partial charge is 0.330 e. The van der Waals surface area contributed by atoms with Crippen molar-refractivity contribution >= 4 is 27.0 Å². The normalized spacial score (nSPS) is 29.8. The monoisotopic (exact) mass is 333 g/mol. The third-order valence-electron chi connectivity index (χ3n) is 5.05. The molecule has 2 fully saturated rings. The van der Waals surface area contributed by atoms with E-state index in [2.05, 4.69) is 51.1 Å². The Labute approximate surface area is 127 Å². The maximum atomic E-state index is 4.88. The van der Waals surface area contributed by atoms with Gasteiger partial charge in [-0.05, 0) is 43.4 Å². The molecule has 3 atom stereocenters. The summed E-state index contributed by atoms with van der Waals surface area (Å²) in [6.45, 7) is 0. The average molecular weight is 334 g/mol. The van der Waals surface area contributed by atoms with Crippen molar-refractivity contribution in [2.75, 3.05) is 0 Å². The van der Waals surface area contributed by atoms with Gasteiger partial charge in [-0.1, -0.05) is 28.8 Å². The third kappa shape index (κ3) is 2.01.